The van der Waals surface area contributed by atoms with Gasteiger partial charge in [0, 0.05) is 4.47 Å². The van der Waals surface area contributed by atoms with Crippen molar-refractivity contribution >= 4 is 15.9 Å². The molecule has 1 atom stereocenters. The third-order valence-electron chi connectivity index (χ3n) is 2.80. The monoisotopic (exact) mass is 299 g/mol. The van der Waals surface area contributed by atoms with E-state index >= 15 is 0 Å². The zero-order valence-electron chi connectivity index (χ0n) is 10.7. The average molecular weight is 300 g/mol. The van der Waals surface area contributed by atoms with Crippen molar-refractivity contribution in [1.29, 1.82) is 0 Å². The summed E-state index contributed by atoms with van der Waals surface area (Å²) in [5, 5.41) is 3.25. The van der Waals surface area contributed by atoms with Crippen molar-refractivity contribution in [3.8, 4) is 5.75 Å². The van der Waals surface area contributed by atoms with Crippen LogP contribution in [0.1, 0.15) is 26.2 Å². The number of nitrogens with one attached hydrogen (secondary N) is 1. The third kappa shape index (κ3) is 6.08. The molecule has 1 rings (SSSR count). The molecule has 0 spiro atoms. The molecule has 0 heterocycles. The van der Waals surface area contributed by atoms with E-state index in [0.717, 1.165) is 35.7 Å². The maximum Gasteiger partial charge on any atom is 0.119 e. The smallest absolute Gasteiger partial charge is 0.119 e. The van der Waals surface area contributed by atoms with Crippen molar-refractivity contribution in [2.24, 2.45) is 5.92 Å². The first-order valence-corrected chi connectivity index (χ1v) is 7.08. The largest absolute Gasteiger partial charge is 0.494 e. The van der Waals surface area contributed by atoms with E-state index in [9.17, 15) is 0 Å². The number of ether oxygens (including phenoxy) is 1. The third-order valence-corrected chi connectivity index (χ3v) is 3.33. The summed E-state index contributed by atoms with van der Waals surface area (Å²) in [4.78, 5) is 0. The normalized spacial score (nSPS) is 12.4. The number of halogens is 1. The van der Waals surface area contributed by atoms with E-state index in [-0.39, 0.29) is 0 Å². The van der Waals surface area contributed by atoms with E-state index in [1.54, 1.807) is 0 Å². The summed E-state index contributed by atoms with van der Waals surface area (Å²) in [6.07, 6.45) is 3.62. The van der Waals surface area contributed by atoms with Crippen molar-refractivity contribution in [3.05, 3.63) is 28.7 Å². The van der Waals surface area contributed by atoms with Crippen LogP contribution in [0.15, 0.2) is 28.7 Å². The van der Waals surface area contributed by atoms with Gasteiger partial charge in [0.2, 0.25) is 0 Å². The number of hydrogen-bond acceptors (Lipinski definition) is 2. The van der Waals surface area contributed by atoms with Crippen LogP contribution < -0.4 is 10.1 Å². The molecule has 96 valence electrons. The number of benzene rings is 1. The average Bonchev–Trinajstić information content (AvgIpc) is 2.32. The van der Waals surface area contributed by atoms with Gasteiger partial charge in [-0.1, -0.05) is 29.3 Å². The molecule has 0 saturated heterocycles. The van der Waals surface area contributed by atoms with Gasteiger partial charge in [0.15, 0.2) is 0 Å². The Balaban J connectivity index is 2.27. The first-order valence-electron chi connectivity index (χ1n) is 6.29. The molecule has 0 aliphatic rings. The zero-order chi connectivity index (χ0) is 12.5. The highest BCUT2D eigenvalue weighted by molar-refractivity contribution is 9.10. The van der Waals surface area contributed by atoms with Crippen LogP contribution in [0.25, 0.3) is 0 Å². The number of rotatable bonds is 8. The van der Waals surface area contributed by atoms with Gasteiger partial charge in [0.25, 0.3) is 0 Å². The summed E-state index contributed by atoms with van der Waals surface area (Å²) in [5.74, 6) is 1.67. The summed E-state index contributed by atoms with van der Waals surface area (Å²) in [6.45, 7) is 4.11. The van der Waals surface area contributed by atoms with Crippen LogP contribution in [0.4, 0.5) is 0 Å². The molecule has 17 heavy (non-hydrogen) atoms. The van der Waals surface area contributed by atoms with Crippen molar-refractivity contribution in [1.82, 2.24) is 5.32 Å². The molecule has 1 unspecified atom stereocenters. The highest BCUT2D eigenvalue weighted by Crippen LogP contribution is 2.17. The molecule has 0 bridgehead atoms. The lowest BCUT2D eigenvalue weighted by Crippen LogP contribution is -2.20. The minimum absolute atomic E-state index is 0.723. The van der Waals surface area contributed by atoms with Crippen molar-refractivity contribution in [2.45, 2.75) is 26.2 Å². The van der Waals surface area contributed by atoms with Gasteiger partial charge >= 0.3 is 0 Å². The minimum Gasteiger partial charge on any atom is -0.494 e. The molecule has 1 aromatic rings. The van der Waals surface area contributed by atoms with Gasteiger partial charge in [-0.15, -0.1) is 0 Å². The lowest BCUT2D eigenvalue weighted by Gasteiger charge is -2.15. The fraction of sp³-hybridized carbons (Fsp3) is 0.571. The fourth-order valence-corrected chi connectivity index (χ4v) is 2.18. The Hall–Kier alpha value is -0.540. The molecule has 0 radical (unpaired) electrons. The van der Waals surface area contributed by atoms with Crippen LogP contribution in [0.5, 0.6) is 5.75 Å². The summed E-state index contributed by atoms with van der Waals surface area (Å²) in [7, 11) is 2.01. The van der Waals surface area contributed by atoms with Crippen molar-refractivity contribution in [2.75, 3.05) is 20.2 Å². The predicted molar refractivity (Wildman–Crippen MR) is 76.6 cm³/mol. The summed E-state index contributed by atoms with van der Waals surface area (Å²) in [5.41, 5.74) is 0. The maximum absolute atomic E-state index is 5.74. The molecule has 1 N–H and O–H groups in total. The summed E-state index contributed by atoms with van der Waals surface area (Å²) in [6, 6.07) is 8.01. The Labute approximate surface area is 113 Å². The second-order valence-corrected chi connectivity index (χ2v) is 5.22. The van der Waals surface area contributed by atoms with Crippen molar-refractivity contribution in [3.63, 3.8) is 0 Å². The first-order chi connectivity index (χ1) is 8.26. The van der Waals surface area contributed by atoms with E-state index in [0.29, 0.717) is 0 Å². The number of hydrogen-bond donors (Lipinski definition) is 1. The lowest BCUT2D eigenvalue weighted by atomic mass is 10.0. The van der Waals surface area contributed by atoms with Crippen LogP contribution >= 0.6 is 15.9 Å². The molecule has 1 aromatic carbocycles. The quantitative estimate of drug-likeness (QED) is 0.787. The van der Waals surface area contributed by atoms with Crippen LogP contribution in [-0.4, -0.2) is 20.2 Å². The zero-order valence-corrected chi connectivity index (χ0v) is 12.3. The van der Waals surface area contributed by atoms with Gasteiger partial charge in [0.05, 0.1) is 6.61 Å². The highest BCUT2D eigenvalue weighted by Gasteiger charge is 2.06. The Morgan fingerprint density at radius 1 is 1.24 bits per heavy atom. The Kier molecular flexibility index (Phi) is 7.29. The van der Waals surface area contributed by atoms with Gasteiger partial charge in [-0.3, -0.25) is 0 Å². The van der Waals surface area contributed by atoms with E-state index < -0.39 is 0 Å². The van der Waals surface area contributed by atoms with Crippen LogP contribution in [0, 0.1) is 5.92 Å². The van der Waals surface area contributed by atoms with E-state index in [1.807, 2.05) is 31.3 Å². The highest BCUT2D eigenvalue weighted by atomic mass is 79.9. The fourth-order valence-electron chi connectivity index (χ4n) is 1.92. The molecular weight excluding hydrogens is 278 g/mol. The Morgan fingerprint density at radius 3 is 2.53 bits per heavy atom. The summed E-state index contributed by atoms with van der Waals surface area (Å²) < 4.78 is 6.82. The van der Waals surface area contributed by atoms with Crippen LogP contribution in [0.3, 0.4) is 0 Å². The van der Waals surface area contributed by atoms with Crippen LogP contribution in [0.2, 0.25) is 0 Å². The topological polar surface area (TPSA) is 21.3 Å². The minimum atomic E-state index is 0.723. The van der Waals surface area contributed by atoms with E-state index in [1.165, 1.54) is 12.8 Å². The molecule has 0 amide bonds. The Bertz CT molecular complexity index is 294. The molecule has 0 fully saturated rings. The van der Waals surface area contributed by atoms with Gasteiger partial charge in [-0.05, 0) is 56.6 Å². The molecule has 0 aliphatic carbocycles. The standard InChI is InChI=1S/C14H22BrNO/c1-3-4-12(11-16-2)9-10-17-14-7-5-13(15)6-8-14/h5-8,12,16H,3-4,9-11H2,1-2H3. The molecule has 0 aromatic heterocycles. The molecule has 0 saturated carbocycles. The molecular formula is C14H22BrNO. The van der Waals surface area contributed by atoms with Gasteiger partial charge in [-0.2, -0.15) is 0 Å². The molecule has 2 nitrogen and oxygen atoms in total. The SMILES string of the molecule is CCCC(CCOc1ccc(Br)cc1)CNC. The van der Waals surface area contributed by atoms with Crippen molar-refractivity contribution < 1.29 is 4.74 Å². The van der Waals surface area contributed by atoms with Gasteiger partial charge in [-0.25, -0.2) is 0 Å². The lowest BCUT2D eigenvalue weighted by molar-refractivity contribution is 0.269. The van der Waals surface area contributed by atoms with E-state index in [2.05, 4.69) is 28.2 Å². The van der Waals surface area contributed by atoms with Gasteiger partial charge in [0.1, 0.15) is 5.75 Å². The summed E-state index contributed by atoms with van der Waals surface area (Å²) >= 11 is 3.41. The molecule has 3 heteroatoms. The predicted octanol–water partition coefficient (Wildman–Crippen LogP) is 3.85. The molecule has 0 aliphatic heterocycles. The second kappa shape index (κ2) is 8.54. The van der Waals surface area contributed by atoms with E-state index in [4.69, 9.17) is 4.74 Å². The van der Waals surface area contributed by atoms with Gasteiger partial charge < -0.3 is 10.1 Å². The maximum atomic E-state index is 5.74. The van der Waals surface area contributed by atoms with Crippen LogP contribution in [-0.2, 0) is 0 Å². The first kappa shape index (κ1) is 14.5. The Morgan fingerprint density at radius 2 is 1.94 bits per heavy atom. The second-order valence-electron chi connectivity index (χ2n) is 4.30.